The van der Waals surface area contributed by atoms with Crippen LogP contribution in [0.5, 0.6) is 5.75 Å². The maximum Gasteiger partial charge on any atom is 0.118 e. The van der Waals surface area contributed by atoms with Crippen LogP contribution < -0.4 is 10.5 Å². The molecule has 1 aliphatic rings. The van der Waals surface area contributed by atoms with Gasteiger partial charge in [0.1, 0.15) is 5.75 Å². The first-order valence-electron chi connectivity index (χ1n) is 5.71. The molecule has 0 amide bonds. The van der Waals surface area contributed by atoms with E-state index in [0.29, 0.717) is 12.0 Å². The normalized spacial score (nSPS) is 26.3. The quantitative estimate of drug-likeness (QED) is 0.805. The Morgan fingerprint density at radius 1 is 1.13 bits per heavy atom. The standard InChI is InChI=1S/C13H19NO/c1-15-11-8-6-10(7-9-11)12-4-2-3-5-13(12)14/h6-9,12-13H,2-5,14H2,1H3/t12-,13-/m1/s1. The number of hydrogen-bond donors (Lipinski definition) is 1. The summed E-state index contributed by atoms with van der Waals surface area (Å²) in [6.07, 6.45) is 4.99. The van der Waals surface area contributed by atoms with Crippen molar-refractivity contribution in [1.29, 1.82) is 0 Å². The Balaban J connectivity index is 2.13. The lowest BCUT2D eigenvalue weighted by Crippen LogP contribution is -2.31. The molecule has 0 unspecified atom stereocenters. The van der Waals surface area contributed by atoms with Crippen LogP contribution in [0, 0.1) is 0 Å². The number of ether oxygens (including phenoxy) is 1. The van der Waals surface area contributed by atoms with Gasteiger partial charge in [0.15, 0.2) is 0 Å². The van der Waals surface area contributed by atoms with Crippen molar-refractivity contribution in [2.45, 2.75) is 37.6 Å². The van der Waals surface area contributed by atoms with Gasteiger partial charge in [-0.3, -0.25) is 0 Å². The van der Waals surface area contributed by atoms with E-state index in [9.17, 15) is 0 Å². The molecule has 0 radical (unpaired) electrons. The number of benzene rings is 1. The first-order valence-corrected chi connectivity index (χ1v) is 5.71. The van der Waals surface area contributed by atoms with Crippen molar-refractivity contribution in [3.05, 3.63) is 29.8 Å². The summed E-state index contributed by atoms with van der Waals surface area (Å²) in [6, 6.07) is 8.68. The van der Waals surface area contributed by atoms with Crippen molar-refractivity contribution in [2.24, 2.45) is 5.73 Å². The molecule has 82 valence electrons. The summed E-state index contributed by atoms with van der Waals surface area (Å²) >= 11 is 0. The molecule has 2 heteroatoms. The zero-order valence-corrected chi connectivity index (χ0v) is 9.28. The van der Waals surface area contributed by atoms with Crippen LogP contribution in [-0.4, -0.2) is 13.2 Å². The van der Waals surface area contributed by atoms with Crippen LogP contribution in [-0.2, 0) is 0 Å². The highest BCUT2D eigenvalue weighted by Crippen LogP contribution is 2.32. The predicted octanol–water partition coefficient (Wildman–Crippen LogP) is 2.68. The molecule has 1 saturated carbocycles. The van der Waals surface area contributed by atoms with Gasteiger partial charge in [-0.2, -0.15) is 0 Å². The summed E-state index contributed by atoms with van der Waals surface area (Å²) in [5.41, 5.74) is 7.51. The van der Waals surface area contributed by atoms with E-state index in [-0.39, 0.29) is 0 Å². The average molecular weight is 205 g/mol. The first-order chi connectivity index (χ1) is 7.31. The van der Waals surface area contributed by atoms with Crippen molar-refractivity contribution in [2.75, 3.05) is 7.11 Å². The van der Waals surface area contributed by atoms with Gasteiger partial charge in [-0.1, -0.05) is 25.0 Å². The van der Waals surface area contributed by atoms with Crippen molar-refractivity contribution >= 4 is 0 Å². The molecule has 1 aromatic carbocycles. The third kappa shape index (κ3) is 2.32. The van der Waals surface area contributed by atoms with E-state index in [4.69, 9.17) is 10.5 Å². The SMILES string of the molecule is COc1ccc([C@H]2CCCC[C@H]2N)cc1. The molecule has 0 bridgehead atoms. The highest BCUT2D eigenvalue weighted by atomic mass is 16.5. The zero-order chi connectivity index (χ0) is 10.7. The van der Waals surface area contributed by atoms with E-state index in [1.807, 2.05) is 12.1 Å². The van der Waals surface area contributed by atoms with Gasteiger partial charge < -0.3 is 10.5 Å². The lowest BCUT2D eigenvalue weighted by Gasteiger charge is -2.28. The molecule has 2 N–H and O–H groups in total. The minimum absolute atomic E-state index is 0.340. The smallest absolute Gasteiger partial charge is 0.118 e. The molecule has 0 aliphatic heterocycles. The third-order valence-electron chi connectivity index (χ3n) is 3.36. The van der Waals surface area contributed by atoms with Gasteiger partial charge in [0.05, 0.1) is 7.11 Å². The topological polar surface area (TPSA) is 35.2 Å². The Morgan fingerprint density at radius 3 is 2.40 bits per heavy atom. The van der Waals surface area contributed by atoms with Gasteiger partial charge in [0, 0.05) is 6.04 Å². The van der Waals surface area contributed by atoms with Crippen LogP contribution in [0.1, 0.15) is 37.2 Å². The molecule has 0 heterocycles. The number of methoxy groups -OCH3 is 1. The second-order valence-electron chi connectivity index (χ2n) is 4.33. The summed E-state index contributed by atoms with van der Waals surface area (Å²) in [7, 11) is 1.70. The van der Waals surface area contributed by atoms with Crippen LogP contribution in [0.15, 0.2) is 24.3 Å². The second kappa shape index (κ2) is 4.67. The molecule has 2 rings (SSSR count). The largest absolute Gasteiger partial charge is 0.497 e. The fourth-order valence-corrected chi connectivity index (χ4v) is 2.42. The van der Waals surface area contributed by atoms with Crippen molar-refractivity contribution in [3.8, 4) is 5.75 Å². The van der Waals surface area contributed by atoms with Gasteiger partial charge in [0.25, 0.3) is 0 Å². The number of nitrogens with two attached hydrogens (primary N) is 1. The van der Waals surface area contributed by atoms with Crippen LogP contribution >= 0.6 is 0 Å². The molecule has 0 aromatic heterocycles. The minimum Gasteiger partial charge on any atom is -0.497 e. The van der Waals surface area contributed by atoms with E-state index in [1.54, 1.807) is 7.11 Å². The third-order valence-corrected chi connectivity index (χ3v) is 3.36. The second-order valence-corrected chi connectivity index (χ2v) is 4.33. The molecule has 2 atom stereocenters. The summed E-state index contributed by atoms with van der Waals surface area (Å²) in [6.45, 7) is 0. The Bertz CT molecular complexity index is 307. The van der Waals surface area contributed by atoms with Gasteiger partial charge >= 0.3 is 0 Å². The van der Waals surface area contributed by atoms with Gasteiger partial charge in [0.2, 0.25) is 0 Å². The fraction of sp³-hybridized carbons (Fsp3) is 0.538. The molecule has 1 fully saturated rings. The Kier molecular flexibility index (Phi) is 3.27. The summed E-state index contributed by atoms with van der Waals surface area (Å²) < 4.78 is 5.15. The molecule has 0 spiro atoms. The fourth-order valence-electron chi connectivity index (χ4n) is 2.42. The summed E-state index contributed by atoms with van der Waals surface area (Å²) in [5.74, 6) is 1.47. The van der Waals surface area contributed by atoms with Gasteiger partial charge in [-0.15, -0.1) is 0 Å². The maximum atomic E-state index is 6.15. The van der Waals surface area contributed by atoms with E-state index in [2.05, 4.69) is 12.1 Å². The lowest BCUT2D eigenvalue weighted by molar-refractivity contribution is 0.384. The monoisotopic (exact) mass is 205 g/mol. The molecule has 1 aliphatic carbocycles. The van der Waals surface area contributed by atoms with E-state index < -0.39 is 0 Å². The van der Waals surface area contributed by atoms with Crippen molar-refractivity contribution in [3.63, 3.8) is 0 Å². The molecule has 2 nitrogen and oxygen atoms in total. The lowest BCUT2D eigenvalue weighted by atomic mass is 9.80. The molecular formula is C13H19NO. The Morgan fingerprint density at radius 2 is 1.80 bits per heavy atom. The van der Waals surface area contributed by atoms with E-state index >= 15 is 0 Å². The van der Waals surface area contributed by atoms with Crippen molar-refractivity contribution in [1.82, 2.24) is 0 Å². The Labute approximate surface area is 91.4 Å². The first kappa shape index (κ1) is 10.5. The van der Waals surface area contributed by atoms with Crippen LogP contribution in [0.4, 0.5) is 0 Å². The van der Waals surface area contributed by atoms with Crippen molar-refractivity contribution < 1.29 is 4.74 Å². The minimum atomic E-state index is 0.340. The highest BCUT2D eigenvalue weighted by Gasteiger charge is 2.22. The van der Waals surface area contributed by atoms with Crippen LogP contribution in [0.2, 0.25) is 0 Å². The van der Waals surface area contributed by atoms with Crippen LogP contribution in [0.3, 0.4) is 0 Å². The van der Waals surface area contributed by atoms with Gasteiger partial charge in [-0.05, 0) is 36.5 Å². The molecule has 1 aromatic rings. The summed E-state index contributed by atoms with van der Waals surface area (Å²) in [5, 5.41) is 0. The maximum absolute atomic E-state index is 6.15. The summed E-state index contributed by atoms with van der Waals surface area (Å²) in [4.78, 5) is 0. The predicted molar refractivity (Wildman–Crippen MR) is 62.2 cm³/mol. The molecule has 0 saturated heterocycles. The zero-order valence-electron chi connectivity index (χ0n) is 9.28. The van der Waals surface area contributed by atoms with Gasteiger partial charge in [-0.25, -0.2) is 0 Å². The molecular weight excluding hydrogens is 186 g/mol. The number of rotatable bonds is 2. The highest BCUT2D eigenvalue weighted by molar-refractivity contribution is 5.30. The molecule has 15 heavy (non-hydrogen) atoms. The Hall–Kier alpha value is -1.02. The number of hydrogen-bond acceptors (Lipinski definition) is 2. The van der Waals surface area contributed by atoms with E-state index in [0.717, 1.165) is 12.2 Å². The average Bonchev–Trinajstić information content (AvgIpc) is 2.30. The van der Waals surface area contributed by atoms with E-state index in [1.165, 1.54) is 24.8 Å². The van der Waals surface area contributed by atoms with Crippen LogP contribution in [0.25, 0.3) is 0 Å².